The molecule has 0 bridgehead atoms. The zero-order chi connectivity index (χ0) is 23.9. The summed E-state index contributed by atoms with van der Waals surface area (Å²) in [6, 6.07) is 6.58. The number of aryl methyl sites for hydroxylation is 1. The first kappa shape index (κ1) is 22.1. The van der Waals surface area contributed by atoms with Crippen LogP contribution >= 0.6 is 0 Å². The number of nitrogens with one attached hydrogen (secondary N) is 1. The van der Waals surface area contributed by atoms with Gasteiger partial charge in [0.1, 0.15) is 17.1 Å². The normalized spacial score (nSPS) is 15.7. The van der Waals surface area contributed by atoms with Crippen LogP contribution in [0.5, 0.6) is 11.5 Å². The number of amides is 2. The number of pyridine rings is 1. The highest BCUT2D eigenvalue weighted by molar-refractivity contribution is 6.04. The zero-order valence-electron chi connectivity index (χ0n) is 18.6. The lowest BCUT2D eigenvalue weighted by Crippen LogP contribution is -2.37. The Labute approximate surface area is 188 Å². The molecule has 1 saturated heterocycles. The first-order valence-corrected chi connectivity index (χ1v) is 10.1. The Hall–Kier alpha value is -4.15. The molecule has 2 amide bonds. The fourth-order valence-corrected chi connectivity index (χ4v) is 3.90. The third kappa shape index (κ3) is 3.81. The predicted molar refractivity (Wildman–Crippen MR) is 121 cm³/mol. The third-order valence-electron chi connectivity index (χ3n) is 5.73. The van der Waals surface area contributed by atoms with Crippen molar-refractivity contribution in [3.8, 4) is 11.5 Å². The van der Waals surface area contributed by atoms with Gasteiger partial charge in [0.2, 0.25) is 11.8 Å². The van der Waals surface area contributed by atoms with Crippen LogP contribution in [0.3, 0.4) is 0 Å². The molecule has 0 saturated carbocycles. The predicted octanol–water partition coefficient (Wildman–Crippen LogP) is 0.641. The first-order chi connectivity index (χ1) is 15.7. The van der Waals surface area contributed by atoms with Crippen LogP contribution in [0.25, 0.3) is 11.0 Å². The largest absolute Gasteiger partial charge is 0.497 e. The van der Waals surface area contributed by atoms with Crippen LogP contribution in [-0.4, -0.2) is 46.7 Å². The Morgan fingerprint density at radius 3 is 2.55 bits per heavy atom. The summed E-state index contributed by atoms with van der Waals surface area (Å²) in [7, 11) is 5.92. The van der Waals surface area contributed by atoms with Gasteiger partial charge in [-0.25, -0.2) is 9.78 Å². The van der Waals surface area contributed by atoms with Gasteiger partial charge in [0.05, 0.1) is 43.1 Å². The molecule has 0 aliphatic carbocycles. The number of carbonyl (C=O) groups excluding carboxylic acids is 2. The van der Waals surface area contributed by atoms with Gasteiger partial charge < -0.3 is 19.7 Å². The minimum atomic E-state index is -0.618. The standard InChI is InChI=1S/C22H23N5O6/c1-25-19-15(21(30)26(2)22(25)31)8-13(10-23-19)24-20(29)12-7-18(28)27(11-12)16-9-14(32-3)5-6-17(16)33-4/h5-6,8-10,12H,7,11H2,1-4H3,(H,24,29). The van der Waals surface area contributed by atoms with Gasteiger partial charge in [-0.2, -0.15) is 0 Å². The van der Waals surface area contributed by atoms with Gasteiger partial charge in [-0.3, -0.25) is 23.5 Å². The minimum Gasteiger partial charge on any atom is -0.497 e. The lowest BCUT2D eigenvalue weighted by atomic mass is 10.1. The monoisotopic (exact) mass is 453 g/mol. The number of benzene rings is 1. The Morgan fingerprint density at radius 2 is 1.85 bits per heavy atom. The van der Waals surface area contributed by atoms with Crippen LogP contribution in [0.15, 0.2) is 40.1 Å². The number of ether oxygens (including phenoxy) is 2. The highest BCUT2D eigenvalue weighted by Gasteiger charge is 2.36. The van der Waals surface area contributed by atoms with Crippen molar-refractivity contribution in [3.63, 3.8) is 0 Å². The molecule has 1 aromatic carbocycles. The quantitative estimate of drug-likeness (QED) is 0.601. The molecular weight excluding hydrogens is 430 g/mol. The number of hydrogen-bond acceptors (Lipinski definition) is 7. The number of carbonyl (C=O) groups is 2. The van der Waals surface area contributed by atoms with Gasteiger partial charge >= 0.3 is 5.69 Å². The van der Waals surface area contributed by atoms with Crippen molar-refractivity contribution in [2.24, 2.45) is 20.0 Å². The number of rotatable bonds is 5. The number of fused-ring (bicyclic) bond motifs is 1. The van der Waals surface area contributed by atoms with E-state index in [-0.39, 0.29) is 35.8 Å². The second-order valence-electron chi connectivity index (χ2n) is 7.73. The Kier molecular flexibility index (Phi) is 5.62. The Bertz CT molecular complexity index is 1390. The molecule has 1 unspecified atom stereocenters. The molecule has 0 spiro atoms. The van der Waals surface area contributed by atoms with Crippen molar-refractivity contribution < 1.29 is 19.1 Å². The number of hydrogen-bond donors (Lipinski definition) is 1. The molecule has 3 heterocycles. The highest BCUT2D eigenvalue weighted by Crippen LogP contribution is 2.36. The maximum absolute atomic E-state index is 12.9. The van der Waals surface area contributed by atoms with E-state index in [9.17, 15) is 19.2 Å². The summed E-state index contributed by atoms with van der Waals surface area (Å²) in [4.78, 5) is 55.8. The zero-order valence-corrected chi connectivity index (χ0v) is 18.6. The van der Waals surface area contributed by atoms with Gasteiger partial charge in [-0.1, -0.05) is 0 Å². The smallest absolute Gasteiger partial charge is 0.332 e. The lowest BCUT2D eigenvalue weighted by molar-refractivity contribution is -0.122. The summed E-state index contributed by atoms with van der Waals surface area (Å²) in [6.07, 6.45) is 1.39. The minimum absolute atomic E-state index is 0.0173. The molecule has 1 fully saturated rings. The van der Waals surface area contributed by atoms with Crippen LogP contribution in [0, 0.1) is 5.92 Å². The SMILES string of the molecule is COc1ccc(OC)c(N2CC(C(=O)Nc3cnc4c(c3)c(=O)n(C)c(=O)n4C)CC2=O)c1. The van der Waals surface area contributed by atoms with Crippen molar-refractivity contribution in [1.29, 1.82) is 0 Å². The summed E-state index contributed by atoms with van der Waals surface area (Å²) in [5.74, 6) is -0.167. The van der Waals surface area contributed by atoms with Crippen LogP contribution in [0.4, 0.5) is 11.4 Å². The van der Waals surface area contributed by atoms with Crippen molar-refractivity contribution >= 4 is 34.2 Å². The highest BCUT2D eigenvalue weighted by atomic mass is 16.5. The average Bonchev–Trinajstić information content (AvgIpc) is 3.22. The maximum Gasteiger partial charge on any atom is 0.332 e. The Balaban J connectivity index is 1.58. The molecule has 33 heavy (non-hydrogen) atoms. The van der Waals surface area contributed by atoms with E-state index >= 15 is 0 Å². The molecule has 4 rings (SSSR count). The number of nitrogens with zero attached hydrogens (tertiary/aromatic N) is 4. The van der Waals surface area contributed by atoms with Crippen LogP contribution in [0.2, 0.25) is 0 Å². The second kappa shape index (κ2) is 8.41. The van der Waals surface area contributed by atoms with E-state index in [2.05, 4.69) is 10.3 Å². The molecular formula is C22H23N5O6. The van der Waals surface area contributed by atoms with Crippen LogP contribution in [0.1, 0.15) is 6.42 Å². The van der Waals surface area contributed by atoms with E-state index in [0.717, 1.165) is 4.57 Å². The molecule has 1 aliphatic rings. The molecule has 11 heteroatoms. The maximum atomic E-state index is 12.9. The fourth-order valence-electron chi connectivity index (χ4n) is 3.90. The fraction of sp³-hybridized carbons (Fsp3) is 0.318. The third-order valence-corrected chi connectivity index (χ3v) is 5.73. The van der Waals surface area contributed by atoms with E-state index in [1.54, 1.807) is 18.2 Å². The first-order valence-electron chi connectivity index (χ1n) is 10.1. The molecule has 1 aliphatic heterocycles. The molecule has 1 N–H and O–H groups in total. The number of aromatic nitrogens is 3. The van der Waals surface area contributed by atoms with Crippen molar-refractivity contribution in [2.45, 2.75) is 6.42 Å². The summed E-state index contributed by atoms with van der Waals surface area (Å²) >= 11 is 0. The van der Waals surface area contributed by atoms with E-state index in [1.807, 2.05) is 0 Å². The van der Waals surface area contributed by atoms with Crippen LogP contribution < -0.4 is 30.9 Å². The summed E-state index contributed by atoms with van der Waals surface area (Å²) in [6.45, 7) is 0.158. The van der Waals surface area contributed by atoms with Gasteiger partial charge in [-0.15, -0.1) is 0 Å². The molecule has 0 radical (unpaired) electrons. The Morgan fingerprint density at radius 1 is 1.09 bits per heavy atom. The molecule has 3 aromatic rings. The molecule has 172 valence electrons. The molecule has 2 aromatic heterocycles. The number of anilines is 2. The van der Waals surface area contributed by atoms with Gasteiger partial charge in [-0.05, 0) is 18.2 Å². The van der Waals surface area contributed by atoms with E-state index in [4.69, 9.17) is 9.47 Å². The van der Waals surface area contributed by atoms with Crippen LogP contribution in [-0.2, 0) is 23.7 Å². The lowest BCUT2D eigenvalue weighted by Gasteiger charge is -2.20. The van der Waals surface area contributed by atoms with E-state index in [0.29, 0.717) is 22.9 Å². The van der Waals surface area contributed by atoms with E-state index in [1.165, 1.54) is 50.0 Å². The number of methoxy groups -OCH3 is 2. The van der Waals surface area contributed by atoms with Gasteiger partial charge in [0, 0.05) is 33.1 Å². The summed E-state index contributed by atoms with van der Waals surface area (Å²) in [5, 5.41) is 2.93. The topological polar surface area (TPSA) is 125 Å². The molecule has 1 atom stereocenters. The average molecular weight is 453 g/mol. The molecule has 11 nitrogen and oxygen atoms in total. The van der Waals surface area contributed by atoms with Crippen molar-refractivity contribution in [2.75, 3.05) is 31.0 Å². The van der Waals surface area contributed by atoms with Crippen molar-refractivity contribution in [1.82, 2.24) is 14.1 Å². The second-order valence-corrected chi connectivity index (χ2v) is 7.73. The summed E-state index contributed by atoms with van der Waals surface area (Å²) in [5.41, 5.74) is 0.0360. The van der Waals surface area contributed by atoms with Gasteiger partial charge in [0.25, 0.3) is 5.56 Å². The summed E-state index contributed by atoms with van der Waals surface area (Å²) < 4.78 is 12.8. The van der Waals surface area contributed by atoms with Gasteiger partial charge in [0.15, 0.2) is 0 Å². The van der Waals surface area contributed by atoms with E-state index < -0.39 is 17.2 Å². The van der Waals surface area contributed by atoms with Crippen molar-refractivity contribution in [3.05, 3.63) is 51.3 Å².